The minimum absolute atomic E-state index is 0.0840. The number of nitrogens with zero attached hydrogens (tertiary/aromatic N) is 1. The molecule has 0 aliphatic carbocycles. The van der Waals surface area contributed by atoms with Gasteiger partial charge in [0.2, 0.25) is 5.91 Å². The summed E-state index contributed by atoms with van der Waals surface area (Å²) in [4.78, 5) is 14.3. The molecule has 1 aliphatic rings. The molecule has 30 heavy (non-hydrogen) atoms. The molecule has 2 atom stereocenters. The van der Waals surface area contributed by atoms with Crippen molar-refractivity contribution in [3.63, 3.8) is 0 Å². The number of hydrogen-bond donors (Lipinski definition) is 0. The van der Waals surface area contributed by atoms with Crippen LogP contribution in [0.1, 0.15) is 57.1 Å². The summed E-state index contributed by atoms with van der Waals surface area (Å²) in [6.45, 7) is 8.22. The van der Waals surface area contributed by atoms with Gasteiger partial charge in [0.15, 0.2) is 0 Å². The first-order valence-electron chi connectivity index (χ1n) is 11.0. The molecule has 1 heterocycles. The summed E-state index contributed by atoms with van der Waals surface area (Å²) in [7, 11) is 1.66. The Hall–Kier alpha value is -2.33. The van der Waals surface area contributed by atoms with Gasteiger partial charge >= 0.3 is 0 Å². The first kappa shape index (κ1) is 22.4. The van der Waals surface area contributed by atoms with Gasteiger partial charge in [0.1, 0.15) is 5.75 Å². The Kier molecular flexibility index (Phi) is 7.54. The molecular weight excluding hydrogens is 374 g/mol. The summed E-state index contributed by atoms with van der Waals surface area (Å²) < 4.78 is 11.2. The van der Waals surface area contributed by atoms with Crippen molar-refractivity contribution in [3.05, 3.63) is 65.7 Å². The maximum Gasteiger partial charge on any atom is 0.219 e. The van der Waals surface area contributed by atoms with Gasteiger partial charge in [-0.15, -0.1) is 0 Å². The third-order valence-corrected chi connectivity index (χ3v) is 6.22. The molecule has 1 amide bonds. The van der Waals surface area contributed by atoms with E-state index >= 15 is 0 Å². The third-order valence-electron chi connectivity index (χ3n) is 6.22. The molecule has 0 spiro atoms. The van der Waals surface area contributed by atoms with Crippen LogP contribution >= 0.6 is 0 Å². The van der Waals surface area contributed by atoms with Gasteiger partial charge in [0.25, 0.3) is 0 Å². The molecule has 0 unspecified atom stereocenters. The van der Waals surface area contributed by atoms with E-state index in [2.05, 4.69) is 44.2 Å². The molecule has 0 radical (unpaired) electrons. The highest BCUT2D eigenvalue weighted by molar-refractivity contribution is 5.73. The quantitative estimate of drug-likeness (QED) is 0.584. The number of hydrogen-bond acceptors (Lipinski definition) is 3. The zero-order chi connectivity index (χ0) is 21.6. The van der Waals surface area contributed by atoms with E-state index in [-0.39, 0.29) is 11.5 Å². The molecule has 1 fully saturated rings. The Morgan fingerprint density at radius 1 is 1.17 bits per heavy atom. The smallest absolute Gasteiger partial charge is 0.219 e. The molecule has 4 heteroatoms. The van der Waals surface area contributed by atoms with Crippen molar-refractivity contribution in [2.24, 2.45) is 5.92 Å². The van der Waals surface area contributed by atoms with Crippen molar-refractivity contribution in [1.29, 1.82) is 0 Å². The summed E-state index contributed by atoms with van der Waals surface area (Å²) in [5, 5.41) is 0. The minimum Gasteiger partial charge on any atom is -0.497 e. The average Bonchev–Trinajstić information content (AvgIpc) is 2.73. The van der Waals surface area contributed by atoms with E-state index in [0.29, 0.717) is 18.4 Å². The Morgan fingerprint density at radius 2 is 1.87 bits per heavy atom. The second-order valence-corrected chi connectivity index (χ2v) is 8.96. The SMILES string of the molecule is COc1ccc(CN(CC[C@@H](c2ccccc2)[C@@H]2CCOC(C)(C)C2)C(C)=O)cc1. The summed E-state index contributed by atoms with van der Waals surface area (Å²) in [5.41, 5.74) is 2.40. The lowest BCUT2D eigenvalue weighted by molar-refractivity contribution is -0.129. The molecule has 1 saturated heterocycles. The fraction of sp³-hybridized carbons (Fsp3) is 0.500. The fourth-order valence-corrected chi connectivity index (χ4v) is 4.59. The summed E-state index contributed by atoms with van der Waals surface area (Å²) in [6.07, 6.45) is 3.08. The van der Waals surface area contributed by atoms with Gasteiger partial charge in [0.05, 0.1) is 12.7 Å². The summed E-state index contributed by atoms with van der Waals surface area (Å²) in [5.74, 6) is 1.93. The van der Waals surface area contributed by atoms with Crippen molar-refractivity contribution in [2.75, 3.05) is 20.3 Å². The van der Waals surface area contributed by atoms with Crippen LogP contribution in [0.2, 0.25) is 0 Å². The lowest BCUT2D eigenvalue weighted by Crippen LogP contribution is -2.37. The standard InChI is InChI=1S/C26H35NO3/c1-20(28)27(19-21-10-12-24(29-4)13-11-21)16-14-25(22-8-6-5-7-9-22)23-15-17-30-26(2,3)18-23/h5-13,23,25H,14-19H2,1-4H3/t23-,25+/m1/s1. The highest BCUT2D eigenvalue weighted by Crippen LogP contribution is 2.40. The normalized spacial score (nSPS) is 19.1. The maximum atomic E-state index is 12.4. The zero-order valence-corrected chi connectivity index (χ0v) is 18.8. The van der Waals surface area contributed by atoms with Gasteiger partial charge in [0, 0.05) is 26.6 Å². The number of rotatable bonds is 8. The molecule has 2 aromatic carbocycles. The highest BCUT2D eigenvalue weighted by atomic mass is 16.5. The second-order valence-electron chi connectivity index (χ2n) is 8.96. The molecule has 0 bridgehead atoms. The van der Waals surface area contributed by atoms with Crippen LogP contribution in [-0.2, 0) is 16.1 Å². The number of benzene rings is 2. The monoisotopic (exact) mass is 409 g/mol. The van der Waals surface area contributed by atoms with Crippen LogP contribution in [0.5, 0.6) is 5.75 Å². The van der Waals surface area contributed by atoms with Crippen LogP contribution in [0.15, 0.2) is 54.6 Å². The van der Waals surface area contributed by atoms with Gasteiger partial charge in [-0.25, -0.2) is 0 Å². The third kappa shape index (κ3) is 6.09. The van der Waals surface area contributed by atoms with Crippen LogP contribution in [-0.4, -0.2) is 36.7 Å². The number of amides is 1. The van der Waals surface area contributed by atoms with Gasteiger partial charge in [-0.3, -0.25) is 4.79 Å². The lowest BCUT2D eigenvalue weighted by Gasteiger charge is -2.40. The lowest BCUT2D eigenvalue weighted by atomic mass is 9.75. The van der Waals surface area contributed by atoms with Gasteiger partial charge in [-0.05, 0) is 68.2 Å². The number of carbonyl (C=O) groups excluding carboxylic acids is 1. The van der Waals surface area contributed by atoms with E-state index in [0.717, 1.165) is 43.7 Å². The summed E-state index contributed by atoms with van der Waals surface area (Å²) >= 11 is 0. The van der Waals surface area contributed by atoms with Crippen molar-refractivity contribution in [1.82, 2.24) is 4.90 Å². The predicted molar refractivity (Wildman–Crippen MR) is 121 cm³/mol. The van der Waals surface area contributed by atoms with Gasteiger partial charge in [-0.1, -0.05) is 42.5 Å². The van der Waals surface area contributed by atoms with Crippen LogP contribution in [0.3, 0.4) is 0 Å². The predicted octanol–water partition coefficient (Wildman–Crippen LogP) is 5.42. The van der Waals surface area contributed by atoms with Crippen molar-refractivity contribution in [2.45, 2.75) is 58.1 Å². The Balaban J connectivity index is 1.72. The van der Waals surface area contributed by atoms with Gasteiger partial charge in [-0.2, -0.15) is 0 Å². The molecule has 1 aliphatic heterocycles. The van der Waals surface area contributed by atoms with Crippen LogP contribution in [0, 0.1) is 5.92 Å². The number of methoxy groups -OCH3 is 1. The molecular formula is C26H35NO3. The molecule has 0 aromatic heterocycles. The van der Waals surface area contributed by atoms with E-state index in [1.807, 2.05) is 29.2 Å². The molecule has 2 aromatic rings. The first-order valence-corrected chi connectivity index (χ1v) is 11.0. The second kappa shape index (κ2) is 10.1. The minimum atomic E-state index is -0.0840. The molecule has 162 valence electrons. The van der Waals surface area contributed by atoms with Crippen LogP contribution in [0.25, 0.3) is 0 Å². The van der Waals surface area contributed by atoms with E-state index in [1.54, 1.807) is 14.0 Å². The largest absolute Gasteiger partial charge is 0.497 e. The zero-order valence-electron chi connectivity index (χ0n) is 18.8. The van der Waals surface area contributed by atoms with Gasteiger partial charge < -0.3 is 14.4 Å². The van der Waals surface area contributed by atoms with Crippen molar-refractivity contribution < 1.29 is 14.3 Å². The van der Waals surface area contributed by atoms with E-state index in [1.165, 1.54) is 5.56 Å². The van der Waals surface area contributed by atoms with Crippen molar-refractivity contribution >= 4 is 5.91 Å². The number of carbonyl (C=O) groups is 1. The Morgan fingerprint density at radius 3 is 2.47 bits per heavy atom. The summed E-state index contributed by atoms with van der Waals surface area (Å²) in [6, 6.07) is 18.7. The first-order chi connectivity index (χ1) is 14.4. The Bertz CT molecular complexity index is 801. The van der Waals surface area contributed by atoms with Crippen molar-refractivity contribution in [3.8, 4) is 5.75 Å². The highest BCUT2D eigenvalue weighted by Gasteiger charge is 2.34. The van der Waals surface area contributed by atoms with E-state index in [9.17, 15) is 4.79 Å². The maximum absolute atomic E-state index is 12.4. The molecule has 0 saturated carbocycles. The number of ether oxygens (including phenoxy) is 2. The Labute approximate surface area is 181 Å². The van der Waals surface area contributed by atoms with E-state index in [4.69, 9.17) is 9.47 Å². The topological polar surface area (TPSA) is 38.8 Å². The van der Waals surface area contributed by atoms with Crippen LogP contribution < -0.4 is 4.74 Å². The average molecular weight is 410 g/mol. The van der Waals surface area contributed by atoms with E-state index < -0.39 is 0 Å². The molecule has 0 N–H and O–H groups in total. The molecule has 4 nitrogen and oxygen atoms in total. The fourth-order valence-electron chi connectivity index (χ4n) is 4.59. The van der Waals surface area contributed by atoms with Crippen LogP contribution in [0.4, 0.5) is 0 Å². The molecule has 3 rings (SSSR count).